The predicted octanol–water partition coefficient (Wildman–Crippen LogP) is 2.35. The number of amides is 2. The van der Waals surface area contributed by atoms with Crippen molar-refractivity contribution in [1.82, 2.24) is 5.32 Å². The van der Waals surface area contributed by atoms with E-state index in [9.17, 15) is 9.59 Å². The molecule has 0 saturated carbocycles. The van der Waals surface area contributed by atoms with Crippen molar-refractivity contribution in [3.8, 4) is 11.5 Å². The van der Waals surface area contributed by atoms with Gasteiger partial charge in [0.1, 0.15) is 0 Å². The smallest absolute Gasteiger partial charge is 0.251 e. The van der Waals surface area contributed by atoms with Crippen molar-refractivity contribution in [1.29, 1.82) is 0 Å². The van der Waals surface area contributed by atoms with E-state index < -0.39 is 0 Å². The van der Waals surface area contributed by atoms with Crippen LogP contribution in [0, 0.1) is 0 Å². The van der Waals surface area contributed by atoms with Crippen molar-refractivity contribution in [2.45, 2.75) is 6.42 Å². The molecule has 0 atom stereocenters. The molecule has 2 aromatic carbocycles. The zero-order valence-corrected chi connectivity index (χ0v) is 13.4. The summed E-state index contributed by atoms with van der Waals surface area (Å²) < 4.78 is 10.6. The van der Waals surface area contributed by atoms with E-state index >= 15 is 0 Å². The van der Waals surface area contributed by atoms with Crippen LogP contribution in [0.1, 0.15) is 21.5 Å². The quantitative estimate of drug-likeness (QED) is 0.844. The molecule has 4 rings (SSSR count). The van der Waals surface area contributed by atoms with Gasteiger partial charge in [0.15, 0.2) is 11.5 Å². The predicted molar refractivity (Wildman–Crippen MR) is 92.7 cm³/mol. The monoisotopic (exact) mass is 336 g/mol. The van der Waals surface area contributed by atoms with Crippen LogP contribution in [0.3, 0.4) is 0 Å². The number of hydrogen-bond acceptors (Lipinski definition) is 4. The Labute approximate surface area is 144 Å². The van der Waals surface area contributed by atoms with Gasteiger partial charge < -0.3 is 20.1 Å². The summed E-state index contributed by atoms with van der Waals surface area (Å²) >= 11 is 0. The maximum Gasteiger partial charge on any atom is 0.251 e. The van der Waals surface area contributed by atoms with E-state index in [1.165, 1.54) is 6.08 Å². The minimum absolute atomic E-state index is 0.103. The number of anilines is 1. The van der Waals surface area contributed by atoms with Crippen LogP contribution in [0.2, 0.25) is 0 Å². The van der Waals surface area contributed by atoms with Gasteiger partial charge in [-0.15, -0.1) is 0 Å². The Hall–Kier alpha value is -3.28. The van der Waals surface area contributed by atoms with Gasteiger partial charge in [-0.3, -0.25) is 9.59 Å². The van der Waals surface area contributed by atoms with Crippen molar-refractivity contribution >= 4 is 23.6 Å². The van der Waals surface area contributed by atoms with Gasteiger partial charge in [-0.25, -0.2) is 0 Å². The molecule has 6 heteroatoms. The molecule has 0 radical (unpaired) electrons. The molecule has 2 aromatic rings. The lowest BCUT2D eigenvalue weighted by Crippen LogP contribution is -2.31. The molecule has 0 spiro atoms. The summed E-state index contributed by atoms with van der Waals surface area (Å²) in [7, 11) is 0. The number of fused-ring (bicyclic) bond motifs is 2. The molecule has 2 N–H and O–H groups in total. The third-order valence-electron chi connectivity index (χ3n) is 4.13. The van der Waals surface area contributed by atoms with E-state index in [-0.39, 0.29) is 18.6 Å². The maximum absolute atomic E-state index is 12.1. The van der Waals surface area contributed by atoms with Crippen molar-refractivity contribution in [3.63, 3.8) is 0 Å². The van der Waals surface area contributed by atoms with Gasteiger partial charge >= 0.3 is 0 Å². The summed E-state index contributed by atoms with van der Waals surface area (Å²) in [6.45, 7) is 0.866. The van der Waals surface area contributed by atoms with Crippen LogP contribution in [0.5, 0.6) is 11.5 Å². The lowest BCUT2D eigenvalue weighted by molar-refractivity contribution is -0.111. The maximum atomic E-state index is 12.1. The first kappa shape index (κ1) is 15.3. The molecule has 25 heavy (non-hydrogen) atoms. The summed E-state index contributed by atoms with van der Waals surface area (Å²) in [5.41, 5.74) is 3.04. The highest BCUT2D eigenvalue weighted by atomic mass is 16.7. The second kappa shape index (κ2) is 6.32. The summed E-state index contributed by atoms with van der Waals surface area (Å²) in [5, 5.41) is 5.57. The average Bonchev–Trinajstić information content (AvgIpc) is 3.08. The molecule has 2 amide bonds. The van der Waals surface area contributed by atoms with Crippen LogP contribution in [-0.4, -0.2) is 25.2 Å². The minimum Gasteiger partial charge on any atom is -0.454 e. The second-order valence-electron chi connectivity index (χ2n) is 5.81. The van der Waals surface area contributed by atoms with Crippen molar-refractivity contribution < 1.29 is 19.1 Å². The first-order chi connectivity index (χ1) is 12.2. The molecule has 6 nitrogen and oxygen atoms in total. The summed E-state index contributed by atoms with van der Waals surface area (Å²) in [6, 6.07) is 10.9. The van der Waals surface area contributed by atoms with Gasteiger partial charge in [0.2, 0.25) is 12.7 Å². The van der Waals surface area contributed by atoms with Crippen LogP contribution in [0.4, 0.5) is 5.69 Å². The van der Waals surface area contributed by atoms with Gasteiger partial charge in [0.25, 0.3) is 5.91 Å². The highest BCUT2D eigenvalue weighted by Crippen LogP contribution is 2.32. The summed E-state index contributed by atoms with van der Waals surface area (Å²) in [6.07, 6.45) is 3.94. The Morgan fingerprint density at radius 1 is 1.12 bits per heavy atom. The molecule has 0 bridgehead atoms. The lowest BCUT2D eigenvalue weighted by atomic mass is 10.00. The van der Waals surface area contributed by atoms with Crippen molar-refractivity contribution in [2.24, 2.45) is 0 Å². The van der Waals surface area contributed by atoms with Gasteiger partial charge in [-0.05, 0) is 47.9 Å². The Morgan fingerprint density at radius 3 is 2.92 bits per heavy atom. The molecule has 0 aliphatic carbocycles. The fourth-order valence-corrected chi connectivity index (χ4v) is 2.86. The van der Waals surface area contributed by atoms with Crippen LogP contribution in [0.15, 0.2) is 42.5 Å². The standard InChI is InChI=1S/C19H16N2O4/c22-18(6-2-12-1-5-16-17(9-12)25-11-24-16)21-14-4-3-13-7-8-20-19(23)15(13)10-14/h1-6,9-10H,7-8,11H2,(H,20,23)(H,21,22). The van der Waals surface area contributed by atoms with E-state index in [0.29, 0.717) is 29.3 Å². The number of ether oxygens (including phenoxy) is 2. The highest BCUT2D eigenvalue weighted by molar-refractivity contribution is 6.03. The van der Waals surface area contributed by atoms with Crippen LogP contribution in [0.25, 0.3) is 6.08 Å². The molecule has 0 aromatic heterocycles. The highest BCUT2D eigenvalue weighted by Gasteiger charge is 2.17. The summed E-state index contributed by atoms with van der Waals surface area (Å²) in [5.74, 6) is 0.999. The van der Waals surface area contributed by atoms with Gasteiger partial charge in [-0.2, -0.15) is 0 Å². The molecule has 0 unspecified atom stereocenters. The number of nitrogens with one attached hydrogen (secondary N) is 2. The first-order valence-corrected chi connectivity index (χ1v) is 7.99. The SMILES string of the molecule is O=C(C=Cc1ccc2c(c1)OCO2)Nc1ccc2c(c1)C(=O)NCC2. The van der Waals surface area contributed by atoms with E-state index in [1.54, 1.807) is 12.1 Å². The Kier molecular flexibility index (Phi) is 3.85. The largest absolute Gasteiger partial charge is 0.454 e. The number of hydrogen-bond donors (Lipinski definition) is 2. The van der Waals surface area contributed by atoms with E-state index in [0.717, 1.165) is 17.5 Å². The fraction of sp³-hybridized carbons (Fsp3) is 0.158. The van der Waals surface area contributed by atoms with Crippen LogP contribution >= 0.6 is 0 Å². The Morgan fingerprint density at radius 2 is 2.00 bits per heavy atom. The van der Waals surface area contributed by atoms with E-state index in [2.05, 4.69) is 10.6 Å². The third-order valence-corrected chi connectivity index (χ3v) is 4.13. The average molecular weight is 336 g/mol. The number of carbonyl (C=O) groups excluding carboxylic acids is 2. The Balaban J connectivity index is 1.45. The molecule has 0 saturated heterocycles. The molecule has 2 heterocycles. The fourth-order valence-electron chi connectivity index (χ4n) is 2.86. The summed E-state index contributed by atoms with van der Waals surface area (Å²) in [4.78, 5) is 24.0. The van der Waals surface area contributed by atoms with Crippen LogP contribution in [-0.2, 0) is 11.2 Å². The molecule has 2 aliphatic rings. The normalized spacial score (nSPS) is 15.0. The zero-order chi connectivity index (χ0) is 17.2. The van der Waals surface area contributed by atoms with E-state index in [1.807, 2.05) is 30.3 Å². The molecule has 126 valence electrons. The van der Waals surface area contributed by atoms with E-state index in [4.69, 9.17) is 9.47 Å². The minimum atomic E-state index is -0.270. The van der Waals surface area contributed by atoms with Gasteiger partial charge in [0.05, 0.1) is 0 Å². The van der Waals surface area contributed by atoms with Gasteiger partial charge in [-0.1, -0.05) is 12.1 Å². The number of rotatable bonds is 3. The zero-order valence-electron chi connectivity index (χ0n) is 13.4. The number of carbonyl (C=O) groups is 2. The third kappa shape index (κ3) is 3.19. The molecule has 0 fully saturated rings. The topological polar surface area (TPSA) is 76.7 Å². The first-order valence-electron chi connectivity index (χ1n) is 7.99. The van der Waals surface area contributed by atoms with Gasteiger partial charge in [0, 0.05) is 23.9 Å². The van der Waals surface area contributed by atoms with Crippen molar-refractivity contribution in [3.05, 3.63) is 59.2 Å². The second-order valence-corrected chi connectivity index (χ2v) is 5.81. The Bertz CT molecular complexity index is 889. The van der Waals surface area contributed by atoms with Crippen LogP contribution < -0.4 is 20.1 Å². The molecular weight excluding hydrogens is 320 g/mol. The molecular formula is C19H16N2O4. The molecule has 2 aliphatic heterocycles. The van der Waals surface area contributed by atoms with Crippen molar-refractivity contribution in [2.75, 3.05) is 18.7 Å². The number of benzene rings is 2. The lowest BCUT2D eigenvalue weighted by Gasteiger charge is -2.17.